The van der Waals surface area contributed by atoms with E-state index >= 15 is 0 Å². The minimum absolute atomic E-state index is 0.216. The molecule has 0 aromatic heterocycles. The second-order valence-electron chi connectivity index (χ2n) is 9.31. The molecule has 1 heterocycles. The van der Waals surface area contributed by atoms with Crippen LogP contribution in [-0.4, -0.2) is 23.8 Å². The maximum Gasteiger partial charge on any atom is 0.298 e. The summed E-state index contributed by atoms with van der Waals surface area (Å²) in [6.45, 7) is 4.90. The van der Waals surface area contributed by atoms with Gasteiger partial charge in [0.25, 0.3) is 6.47 Å². The van der Waals surface area contributed by atoms with Gasteiger partial charge in [-0.1, -0.05) is 54.6 Å². The topological polar surface area (TPSA) is 29.3 Å². The summed E-state index contributed by atoms with van der Waals surface area (Å²) in [6.07, 6.45) is 4.46. The minimum atomic E-state index is -0.216. The molecule has 0 amide bonds. The van der Waals surface area contributed by atoms with E-state index in [0.29, 0.717) is 12.2 Å². The molecule has 0 saturated carbocycles. The Morgan fingerprint density at radius 3 is 2.27 bits per heavy atom. The molecule has 0 N–H and O–H groups in total. The lowest BCUT2D eigenvalue weighted by Gasteiger charge is -2.16. The second-order valence-corrected chi connectivity index (χ2v) is 9.31. The van der Waals surface area contributed by atoms with Gasteiger partial charge in [0.15, 0.2) is 5.71 Å². The molecule has 5 aromatic rings. The van der Waals surface area contributed by atoms with Crippen LogP contribution in [0.4, 0.5) is 5.69 Å². The summed E-state index contributed by atoms with van der Waals surface area (Å²) in [5.41, 5.74) is 4.48. The molecule has 1 aliphatic rings. The Kier molecular flexibility index (Phi) is 4.18. The number of allylic oxidation sites excluding steroid dienone is 1. The fraction of sp³-hybridized carbons (Fsp3) is 0.133. The maximum atomic E-state index is 10.8. The Bertz CT molecular complexity index is 1620. The number of hydrogen-bond donors (Lipinski definition) is 0. The molecule has 1 aliphatic heterocycles. The molecule has 0 atom stereocenters. The van der Waals surface area contributed by atoms with Gasteiger partial charge >= 0.3 is 0 Å². The summed E-state index contributed by atoms with van der Waals surface area (Å²) in [7, 11) is 2.09. The van der Waals surface area contributed by atoms with E-state index in [1.165, 1.54) is 43.6 Å². The summed E-state index contributed by atoms with van der Waals surface area (Å²) in [5, 5.41) is 7.77. The third kappa shape index (κ3) is 2.82. The fourth-order valence-electron chi connectivity index (χ4n) is 5.52. The van der Waals surface area contributed by atoms with Crippen molar-refractivity contribution in [1.82, 2.24) is 0 Å². The van der Waals surface area contributed by atoms with Crippen LogP contribution in [0.25, 0.3) is 38.4 Å². The molecule has 0 unspecified atom stereocenters. The van der Waals surface area contributed by atoms with Crippen LogP contribution in [0.3, 0.4) is 0 Å². The zero-order valence-corrected chi connectivity index (χ0v) is 18.9. The number of nitrogens with zero attached hydrogens (tertiary/aromatic N) is 1. The Hall–Kier alpha value is -3.98. The van der Waals surface area contributed by atoms with E-state index in [4.69, 9.17) is 4.74 Å². The largest absolute Gasteiger partial charge is 0.429 e. The molecule has 3 heteroatoms. The predicted octanol–water partition coefficient (Wildman–Crippen LogP) is 6.84. The van der Waals surface area contributed by atoms with Gasteiger partial charge in [0.1, 0.15) is 12.8 Å². The van der Waals surface area contributed by atoms with Gasteiger partial charge in [-0.15, -0.1) is 0 Å². The van der Waals surface area contributed by atoms with Gasteiger partial charge in [-0.25, -0.2) is 0 Å². The normalized spacial score (nSPS) is 15.2. The molecular formula is C30H24NO2+. The standard InChI is InChI=1S/C30H24NO2/c1-30(2)25-17-23(33-18-32)13-15-26(25)31(3)27(30)16-12-19-7-8-22-10-9-20-5-4-6-21-11-14-24(19)29(22)28(20)21/h4-18H,1-3H3/q+1/b16-12+. The Balaban J connectivity index is 1.48. The lowest BCUT2D eigenvalue weighted by atomic mass is 9.81. The highest BCUT2D eigenvalue weighted by atomic mass is 16.5. The van der Waals surface area contributed by atoms with Gasteiger partial charge < -0.3 is 4.74 Å². The summed E-state index contributed by atoms with van der Waals surface area (Å²) in [4.78, 5) is 10.8. The molecule has 0 spiro atoms. The van der Waals surface area contributed by atoms with E-state index in [0.717, 1.165) is 11.3 Å². The van der Waals surface area contributed by atoms with Crippen LogP contribution in [0.15, 0.2) is 78.9 Å². The number of carbonyl (C=O) groups excluding carboxylic acids is 1. The fourth-order valence-corrected chi connectivity index (χ4v) is 5.52. The van der Waals surface area contributed by atoms with Crippen LogP contribution >= 0.6 is 0 Å². The first-order valence-electron chi connectivity index (χ1n) is 11.2. The van der Waals surface area contributed by atoms with Gasteiger partial charge in [0.2, 0.25) is 5.69 Å². The number of fused-ring (bicyclic) bond motifs is 1. The molecule has 0 saturated heterocycles. The molecule has 5 aromatic carbocycles. The molecular weight excluding hydrogens is 406 g/mol. The monoisotopic (exact) mass is 430 g/mol. The summed E-state index contributed by atoms with van der Waals surface area (Å²) >= 11 is 0. The second kappa shape index (κ2) is 7.01. The summed E-state index contributed by atoms with van der Waals surface area (Å²) in [5.74, 6) is 0.572. The first-order chi connectivity index (χ1) is 16.0. The Labute approximate surface area is 192 Å². The molecule has 0 radical (unpaired) electrons. The summed E-state index contributed by atoms with van der Waals surface area (Å²) < 4.78 is 7.33. The highest BCUT2D eigenvalue weighted by molar-refractivity contribution is 6.24. The lowest BCUT2D eigenvalue weighted by Crippen LogP contribution is -2.26. The molecule has 0 fully saturated rings. The van der Waals surface area contributed by atoms with E-state index in [-0.39, 0.29) is 5.41 Å². The first-order valence-corrected chi connectivity index (χ1v) is 11.2. The number of hydrogen-bond acceptors (Lipinski definition) is 2. The predicted molar refractivity (Wildman–Crippen MR) is 136 cm³/mol. The molecule has 3 nitrogen and oxygen atoms in total. The van der Waals surface area contributed by atoms with Crippen LogP contribution in [-0.2, 0) is 10.2 Å². The van der Waals surface area contributed by atoms with Crippen molar-refractivity contribution in [1.29, 1.82) is 0 Å². The van der Waals surface area contributed by atoms with Crippen molar-refractivity contribution >= 4 is 56.3 Å². The third-order valence-corrected chi connectivity index (χ3v) is 7.17. The van der Waals surface area contributed by atoms with Gasteiger partial charge in [0.05, 0.1) is 5.41 Å². The van der Waals surface area contributed by atoms with Gasteiger partial charge in [0, 0.05) is 17.7 Å². The zero-order chi connectivity index (χ0) is 22.7. The molecule has 6 rings (SSSR count). The van der Waals surface area contributed by atoms with E-state index in [1.807, 2.05) is 18.2 Å². The van der Waals surface area contributed by atoms with Crippen LogP contribution in [0.5, 0.6) is 5.75 Å². The van der Waals surface area contributed by atoms with Crippen molar-refractivity contribution < 1.29 is 14.1 Å². The number of carbonyl (C=O) groups is 1. The van der Waals surface area contributed by atoms with E-state index in [1.54, 1.807) is 0 Å². The van der Waals surface area contributed by atoms with Crippen LogP contribution in [0.1, 0.15) is 25.0 Å². The van der Waals surface area contributed by atoms with Gasteiger partial charge in [-0.2, -0.15) is 4.58 Å². The van der Waals surface area contributed by atoms with Crippen LogP contribution in [0.2, 0.25) is 0 Å². The van der Waals surface area contributed by atoms with Gasteiger partial charge in [-0.05, 0) is 69.9 Å². The highest BCUT2D eigenvalue weighted by Gasteiger charge is 2.43. The van der Waals surface area contributed by atoms with Crippen LogP contribution in [0, 0.1) is 0 Å². The molecule has 160 valence electrons. The average Bonchev–Trinajstić information content (AvgIpc) is 3.01. The average molecular weight is 431 g/mol. The molecule has 33 heavy (non-hydrogen) atoms. The minimum Gasteiger partial charge on any atom is -0.429 e. The number of benzene rings is 5. The molecule has 0 bridgehead atoms. The molecule has 0 aliphatic carbocycles. The van der Waals surface area contributed by atoms with Crippen molar-refractivity contribution in [2.45, 2.75) is 19.3 Å². The zero-order valence-electron chi connectivity index (χ0n) is 18.9. The lowest BCUT2D eigenvalue weighted by molar-refractivity contribution is -0.401. The van der Waals surface area contributed by atoms with Crippen molar-refractivity contribution in [3.05, 3.63) is 90.0 Å². The maximum absolute atomic E-state index is 10.8. The highest BCUT2D eigenvalue weighted by Crippen LogP contribution is 2.42. The number of ether oxygens (including phenoxy) is 1. The summed E-state index contributed by atoms with van der Waals surface area (Å²) in [6, 6.07) is 25.7. The van der Waals surface area contributed by atoms with Crippen molar-refractivity contribution in [3.8, 4) is 5.75 Å². The first kappa shape index (κ1) is 19.7. The third-order valence-electron chi connectivity index (χ3n) is 7.17. The quantitative estimate of drug-likeness (QED) is 0.177. The number of rotatable bonds is 4. The van der Waals surface area contributed by atoms with Crippen molar-refractivity contribution in [2.75, 3.05) is 7.05 Å². The Morgan fingerprint density at radius 2 is 1.52 bits per heavy atom. The van der Waals surface area contributed by atoms with Crippen molar-refractivity contribution in [2.24, 2.45) is 0 Å². The van der Waals surface area contributed by atoms with Crippen LogP contribution < -0.4 is 4.74 Å². The van der Waals surface area contributed by atoms with Gasteiger partial charge in [-0.3, -0.25) is 4.79 Å². The van der Waals surface area contributed by atoms with E-state index in [2.05, 4.69) is 92.2 Å². The SMILES string of the molecule is C[N+]1=C(/C=C/c2ccc3ccc4cccc5ccc2c3c45)C(C)(C)c2cc(OC=O)ccc21. The smallest absolute Gasteiger partial charge is 0.298 e. The van der Waals surface area contributed by atoms with Crippen molar-refractivity contribution in [3.63, 3.8) is 0 Å². The van der Waals surface area contributed by atoms with E-state index < -0.39 is 0 Å². The van der Waals surface area contributed by atoms with E-state index in [9.17, 15) is 4.79 Å². The Morgan fingerprint density at radius 1 is 0.818 bits per heavy atom.